The van der Waals surface area contributed by atoms with Gasteiger partial charge >= 0.3 is 0 Å². The molecule has 0 fully saturated rings. The van der Waals surface area contributed by atoms with Crippen LogP contribution in [0.4, 0.5) is 0 Å². The fourth-order valence-electron chi connectivity index (χ4n) is 1.30. The van der Waals surface area contributed by atoms with Gasteiger partial charge in [0.25, 0.3) is 0 Å². The van der Waals surface area contributed by atoms with Crippen LogP contribution in [0.25, 0.3) is 0 Å². The first-order valence-corrected chi connectivity index (χ1v) is 4.95. The number of rotatable bonds is 6. The molecule has 1 unspecified atom stereocenters. The van der Waals surface area contributed by atoms with Crippen LogP contribution in [-0.2, 0) is 9.47 Å². The Balaban J connectivity index is 2.49. The minimum atomic E-state index is -0.561. The molecule has 4 heteroatoms. The Labute approximate surface area is 95.4 Å². The summed E-state index contributed by atoms with van der Waals surface area (Å²) < 4.78 is 15.5. The lowest BCUT2D eigenvalue weighted by molar-refractivity contribution is -0.130. The van der Waals surface area contributed by atoms with Crippen LogP contribution >= 0.6 is 0 Å². The van der Waals surface area contributed by atoms with Gasteiger partial charge in [0.15, 0.2) is 6.29 Å². The summed E-state index contributed by atoms with van der Waals surface area (Å²) >= 11 is 0. The van der Waals surface area contributed by atoms with Crippen LogP contribution in [-0.4, -0.2) is 27.1 Å². The number of hydrogen-bond donors (Lipinski definition) is 0. The molecule has 0 heterocycles. The van der Waals surface area contributed by atoms with Gasteiger partial charge in [-0.15, -0.1) is 0 Å². The molecule has 0 aliphatic rings. The summed E-state index contributed by atoms with van der Waals surface area (Å²) in [5.74, 6) is 0.281. The van der Waals surface area contributed by atoms with Crippen molar-refractivity contribution in [3.63, 3.8) is 0 Å². The van der Waals surface area contributed by atoms with Gasteiger partial charge in [0, 0.05) is 14.2 Å². The first-order valence-electron chi connectivity index (χ1n) is 4.95. The summed E-state index contributed by atoms with van der Waals surface area (Å²) in [6.45, 7) is 0.243. The predicted molar refractivity (Wildman–Crippen MR) is 58.8 cm³/mol. The molecule has 0 bridgehead atoms. The Kier molecular flexibility index (Phi) is 5.34. The molecular weight excluding hydrogens is 206 g/mol. The highest BCUT2D eigenvalue weighted by atomic mass is 16.7. The second-order valence-corrected chi connectivity index (χ2v) is 3.20. The number of ether oxygens (including phenoxy) is 3. The average Bonchev–Trinajstić information content (AvgIpc) is 2.35. The SMILES string of the molecule is COC(OC)C(C#N)COc1ccccc1. The second kappa shape index (κ2) is 6.83. The largest absolute Gasteiger partial charge is 0.492 e. The maximum absolute atomic E-state index is 8.95. The summed E-state index contributed by atoms with van der Waals surface area (Å²) in [5.41, 5.74) is 0. The Morgan fingerprint density at radius 3 is 2.31 bits per heavy atom. The molecule has 1 atom stereocenters. The maximum atomic E-state index is 8.95. The van der Waals surface area contributed by atoms with Crippen molar-refractivity contribution in [1.82, 2.24) is 0 Å². The molecule has 1 aromatic carbocycles. The molecule has 0 N–H and O–H groups in total. The van der Waals surface area contributed by atoms with Crippen LogP contribution in [0, 0.1) is 17.2 Å². The first-order chi connectivity index (χ1) is 7.81. The van der Waals surface area contributed by atoms with Gasteiger partial charge in [-0.1, -0.05) is 18.2 Å². The highest BCUT2D eigenvalue weighted by Crippen LogP contribution is 2.13. The fourth-order valence-corrected chi connectivity index (χ4v) is 1.30. The van der Waals surface area contributed by atoms with E-state index in [1.807, 2.05) is 30.3 Å². The molecule has 1 rings (SSSR count). The molecule has 0 aliphatic heterocycles. The molecule has 86 valence electrons. The van der Waals surface area contributed by atoms with E-state index < -0.39 is 12.2 Å². The third-order valence-electron chi connectivity index (χ3n) is 2.13. The lowest BCUT2D eigenvalue weighted by Gasteiger charge is -2.19. The summed E-state index contributed by atoms with van der Waals surface area (Å²) in [4.78, 5) is 0. The lowest BCUT2D eigenvalue weighted by Crippen LogP contribution is -2.28. The lowest BCUT2D eigenvalue weighted by atomic mass is 10.2. The van der Waals surface area contributed by atoms with Gasteiger partial charge in [0.1, 0.15) is 18.3 Å². The zero-order chi connectivity index (χ0) is 11.8. The minimum Gasteiger partial charge on any atom is -0.492 e. The molecule has 1 aromatic rings. The van der Waals surface area contributed by atoms with Gasteiger partial charge < -0.3 is 14.2 Å². The topological polar surface area (TPSA) is 51.5 Å². The molecule has 0 aromatic heterocycles. The van der Waals surface area contributed by atoms with E-state index in [1.54, 1.807) is 0 Å². The van der Waals surface area contributed by atoms with Crippen molar-refractivity contribution in [2.75, 3.05) is 20.8 Å². The van der Waals surface area contributed by atoms with E-state index in [-0.39, 0.29) is 6.61 Å². The number of methoxy groups -OCH3 is 2. The molecule has 0 saturated heterocycles. The smallest absolute Gasteiger partial charge is 0.175 e. The number of nitriles is 1. The van der Waals surface area contributed by atoms with Crippen LogP contribution < -0.4 is 4.74 Å². The van der Waals surface area contributed by atoms with Crippen molar-refractivity contribution in [3.05, 3.63) is 30.3 Å². The standard InChI is InChI=1S/C12H15NO3/c1-14-12(15-2)10(8-13)9-16-11-6-4-3-5-7-11/h3-7,10,12H,9H2,1-2H3. The van der Waals surface area contributed by atoms with E-state index in [4.69, 9.17) is 19.5 Å². The third kappa shape index (κ3) is 3.54. The highest BCUT2D eigenvalue weighted by molar-refractivity contribution is 5.21. The van der Waals surface area contributed by atoms with Gasteiger partial charge in [-0.3, -0.25) is 0 Å². The Morgan fingerprint density at radius 1 is 1.19 bits per heavy atom. The van der Waals surface area contributed by atoms with Gasteiger partial charge in [-0.05, 0) is 12.1 Å². The molecule has 0 saturated carbocycles. The monoisotopic (exact) mass is 221 g/mol. The minimum absolute atomic E-state index is 0.243. The zero-order valence-corrected chi connectivity index (χ0v) is 9.42. The van der Waals surface area contributed by atoms with E-state index >= 15 is 0 Å². The third-order valence-corrected chi connectivity index (χ3v) is 2.13. The maximum Gasteiger partial charge on any atom is 0.175 e. The van der Waals surface area contributed by atoms with Gasteiger partial charge in [-0.2, -0.15) is 5.26 Å². The van der Waals surface area contributed by atoms with Crippen LogP contribution in [0.2, 0.25) is 0 Å². The Hall–Kier alpha value is -1.57. The molecule has 0 amide bonds. The van der Waals surface area contributed by atoms with Crippen molar-refractivity contribution >= 4 is 0 Å². The zero-order valence-electron chi connectivity index (χ0n) is 9.42. The van der Waals surface area contributed by atoms with Crippen molar-refractivity contribution in [2.45, 2.75) is 6.29 Å². The fraction of sp³-hybridized carbons (Fsp3) is 0.417. The summed E-state index contributed by atoms with van der Waals surface area (Å²) in [6, 6.07) is 11.4. The average molecular weight is 221 g/mol. The quantitative estimate of drug-likeness (QED) is 0.687. The van der Waals surface area contributed by atoms with Crippen LogP contribution in [0.5, 0.6) is 5.75 Å². The summed E-state index contributed by atoms with van der Waals surface area (Å²) in [5, 5.41) is 8.95. The van der Waals surface area contributed by atoms with E-state index in [0.717, 1.165) is 5.75 Å². The van der Waals surface area contributed by atoms with Gasteiger partial charge in [0.05, 0.1) is 6.07 Å². The van der Waals surface area contributed by atoms with Crippen LogP contribution in [0.15, 0.2) is 30.3 Å². The number of para-hydroxylation sites is 1. The molecule has 0 spiro atoms. The summed E-state index contributed by atoms with van der Waals surface area (Å²) in [7, 11) is 3.00. The number of nitrogens with zero attached hydrogens (tertiary/aromatic N) is 1. The molecule has 0 aliphatic carbocycles. The van der Waals surface area contributed by atoms with Crippen LogP contribution in [0.1, 0.15) is 0 Å². The van der Waals surface area contributed by atoms with Crippen molar-refractivity contribution in [1.29, 1.82) is 5.26 Å². The molecule has 0 radical (unpaired) electrons. The Morgan fingerprint density at radius 2 is 1.81 bits per heavy atom. The van der Waals surface area contributed by atoms with Crippen LogP contribution in [0.3, 0.4) is 0 Å². The van der Waals surface area contributed by atoms with E-state index in [1.165, 1.54) is 14.2 Å². The number of benzene rings is 1. The van der Waals surface area contributed by atoms with Gasteiger partial charge in [0.2, 0.25) is 0 Å². The van der Waals surface area contributed by atoms with Crippen molar-refractivity contribution < 1.29 is 14.2 Å². The number of hydrogen-bond acceptors (Lipinski definition) is 4. The van der Waals surface area contributed by atoms with Gasteiger partial charge in [-0.25, -0.2) is 0 Å². The highest BCUT2D eigenvalue weighted by Gasteiger charge is 2.21. The normalized spacial score (nSPS) is 12.1. The second-order valence-electron chi connectivity index (χ2n) is 3.20. The Bertz CT molecular complexity index is 330. The van der Waals surface area contributed by atoms with E-state index in [2.05, 4.69) is 6.07 Å². The van der Waals surface area contributed by atoms with Crippen molar-refractivity contribution in [2.24, 2.45) is 5.92 Å². The molecule has 4 nitrogen and oxygen atoms in total. The van der Waals surface area contributed by atoms with E-state index in [0.29, 0.717) is 0 Å². The van der Waals surface area contributed by atoms with Crippen molar-refractivity contribution in [3.8, 4) is 11.8 Å². The molecule has 16 heavy (non-hydrogen) atoms. The van der Waals surface area contributed by atoms with E-state index in [9.17, 15) is 0 Å². The first kappa shape index (κ1) is 12.5. The predicted octanol–water partition coefficient (Wildman–Crippen LogP) is 1.82. The summed E-state index contributed by atoms with van der Waals surface area (Å²) in [6.07, 6.45) is -0.561. The molecular formula is C12H15NO3.